The number of hydrogen-bond acceptors (Lipinski definition) is 10. The zero-order chi connectivity index (χ0) is 45.5. The van der Waals surface area contributed by atoms with Crippen molar-refractivity contribution in [2.24, 2.45) is 35.5 Å². The van der Waals surface area contributed by atoms with Crippen molar-refractivity contribution < 1.29 is 48.0 Å². The van der Waals surface area contributed by atoms with Crippen molar-refractivity contribution in [3.63, 3.8) is 0 Å². The zero-order valence-electron chi connectivity index (χ0n) is 40.8. The molecule has 1 N–H and O–H groups in total. The van der Waals surface area contributed by atoms with Crippen LogP contribution in [0.4, 0.5) is 0 Å². The van der Waals surface area contributed by atoms with Crippen molar-refractivity contribution in [1.82, 2.24) is 0 Å². The van der Waals surface area contributed by atoms with Crippen molar-refractivity contribution >= 4 is 23.9 Å². The number of carbonyl (C=O) groups is 4. The summed E-state index contributed by atoms with van der Waals surface area (Å²) in [5.74, 6) is -0.643. The van der Waals surface area contributed by atoms with Gasteiger partial charge in [0, 0.05) is 24.7 Å². The number of ether oxygens (including phenoxy) is 5. The van der Waals surface area contributed by atoms with Gasteiger partial charge in [-0.05, 0) is 68.6 Å². The molecular formula is C51H96O10. The van der Waals surface area contributed by atoms with E-state index >= 15 is 0 Å². The van der Waals surface area contributed by atoms with E-state index in [4.69, 9.17) is 23.7 Å². The van der Waals surface area contributed by atoms with Gasteiger partial charge >= 0.3 is 23.9 Å². The summed E-state index contributed by atoms with van der Waals surface area (Å²) in [7, 11) is 0. The molecule has 360 valence electrons. The van der Waals surface area contributed by atoms with Crippen LogP contribution in [0.2, 0.25) is 0 Å². The average Bonchev–Trinajstić information content (AvgIpc) is 3.23. The van der Waals surface area contributed by atoms with Crippen LogP contribution in [0.1, 0.15) is 229 Å². The topological polar surface area (TPSA) is 135 Å². The first kappa shape index (κ1) is 58.8. The maximum absolute atomic E-state index is 13.2. The monoisotopic (exact) mass is 869 g/mol. The van der Waals surface area contributed by atoms with E-state index in [0.29, 0.717) is 31.8 Å². The predicted octanol–water partition coefficient (Wildman–Crippen LogP) is 12.9. The molecule has 6 atom stereocenters. The summed E-state index contributed by atoms with van der Waals surface area (Å²) in [5, 5.41) is 10.5. The normalized spacial score (nSPS) is 14.5. The van der Waals surface area contributed by atoms with Crippen molar-refractivity contribution in [3.8, 4) is 0 Å². The molecule has 0 aliphatic carbocycles. The molecule has 10 nitrogen and oxygen atoms in total. The lowest BCUT2D eigenvalue weighted by molar-refractivity contribution is -0.157. The molecule has 0 aromatic rings. The first-order valence-electron chi connectivity index (χ1n) is 25.3. The zero-order valence-corrected chi connectivity index (χ0v) is 40.8. The van der Waals surface area contributed by atoms with Gasteiger partial charge in [0.25, 0.3) is 0 Å². The van der Waals surface area contributed by atoms with Crippen molar-refractivity contribution in [2.45, 2.75) is 235 Å². The van der Waals surface area contributed by atoms with Gasteiger partial charge < -0.3 is 28.8 Å². The molecule has 0 radical (unpaired) electrons. The van der Waals surface area contributed by atoms with Gasteiger partial charge in [0.05, 0.1) is 45.9 Å². The number of esters is 4. The number of carbonyl (C=O) groups excluding carboxylic acids is 4. The summed E-state index contributed by atoms with van der Waals surface area (Å²) in [6.45, 7) is 18.1. The van der Waals surface area contributed by atoms with E-state index in [1.54, 1.807) is 0 Å². The summed E-state index contributed by atoms with van der Waals surface area (Å²) < 4.78 is 28.5. The third kappa shape index (κ3) is 36.9. The highest BCUT2D eigenvalue weighted by Gasteiger charge is 2.24. The highest BCUT2D eigenvalue weighted by Crippen LogP contribution is 2.24. The minimum Gasteiger partial charge on any atom is -0.465 e. The number of aliphatic hydroxyl groups excluding tert-OH is 1. The maximum atomic E-state index is 13.2. The van der Waals surface area contributed by atoms with Gasteiger partial charge in [0.1, 0.15) is 0 Å². The fraction of sp³-hybridized carbons (Fsp3) is 0.922. The molecule has 0 heterocycles. The first-order chi connectivity index (χ1) is 29.3. The lowest BCUT2D eigenvalue weighted by Crippen LogP contribution is -2.27. The smallest absolute Gasteiger partial charge is 0.306 e. The third-order valence-electron chi connectivity index (χ3n) is 12.1. The van der Waals surface area contributed by atoms with Crippen LogP contribution in [0.5, 0.6) is 0 Å². The van der Waals surface area contributed by atoms with Gasteiger partial charge in [0.15, 0.2) is 6.29 Å². The summed E-state index contributed by atoms with van der Waals surface area (Å²) in [4.78, 5) is 51.1. The Labute approximate surface area is 374 Å². The molecule has 0 fully saturated rings. The second-order valence-electron chi connectivity index (χ2n) is 18.7. The van der Waals surface area contributed by atoms with Crippen LogP contribution < -0.4 is 0 Å². The van der Waals surface area contributed by atoms with Gasteiger partial charge in [-0.25, -0.2) is 0 Å². The Morgan fingerprint density at radius 3 is 1.39 bits per heavy atom. The van der Waals surface area contributed by atoms with Gasteiger partial charge in [-0.3, -0.25) is 19.2 Å². The van der Waals surface area contributed by atoms with E-state index in [1.807, 2.05) is 0 Å². The Balaban J connectivity index is 4.97. The van der Waals surface area contributed by atoms with Crippen LogP contribution in [0.3, 0.4) is 0 Å². The fourth-order valence-electron chi connectivity index (χ4n) is 7.42. The third-order valence-corrected chi connectivity index (χ3v) is 12.1. The molecule has 0 bridgehead atoms. The number of hydrogen-bond donors (Lipinski definition) is 1. The number of rotatable bonds is 43. The van der Waals surface area contributed by atoms with Crippen LogP contribution in [-0.4, -0.2) is 68.3 Å². The van der Waals surface area contributed by atoms with Gasteiger partial charge in [-0.15, -0.1) is 0 Å². The molecule has 6 unspecified atom stereocenters. The standard InChI is InChI=1S/C51H96O10/c1-9-13-16-19-22-25-28-47(52)58-37-44(33-42(7)12-4)34-50(55)57-36-43(8)31-32-46(41(5)6)40-61-51(56)35-45(38-59-48(53)29-26-23-20-17-14-10-2)39-60-49(54)30-27-24-21-18-15-11-3/h41-46,48,53H,9-40H2,1-8H3. The van der Waals surface area contributed by atoms with Crippen molar-refractivity contribution in [1.29, 1.82) is 0 Å². The largest absolute Gasteiger partial charge is 0.465 e. The van der Waals surface area contributed by atoms with Crippen molar-refractivity contribution in [2.75, 3.05) is 33.0 Å². The molecule has 10 heteroatoms. The highest BCUT2D eigenvalue weighted by atomic mass is 16.6. The summed E-state index contributed by atoms with van der Waals surface area (Å²) >= 11 is 0. The number of aliphatic hydroxyl groups is 1. The van der Waals surface area contributed by atoms with Crippen LogP contribution in [0.25, 0.3) is 0 Å². The lowest BCUT2D eigenvalue weighted by Gasteiger charge is -2.24. The average molecular weight is 869 g/mol. The number of unbranched alkanes of at least 4 members (excludes halogenated alkanes) is 15. The molecule has 61 heavy (non-hydrogen) atoms. The highest BCUT2D eigenvalue weighted by molar-refractivity contribution is 5.71. The fourth-order valence-corrected chi connectivity index (χ4v) is 7.42. The Morgan fingerprint density at radius 2 is 0.885 bits per heavy atom. The minimum absolute atomic E-state index is 0.0293. The minimum atomic E-state index is -0.925. The Kier molecular flexibility index (Phi) is 39.1. The van der Waals surface area contributed by atoms with E-state index in [1.165, 1.54) is 57.8 Å². The maximum Gasteiger partial charge on any atom is 0.306 e. The lowest BCUT2D eigenvalue weighted by atomic mass is 9.89. The Bertz CT molecular complexity index is 1060. The molecule has 0 aliphatic heterocycles. The van der Waals surface area contributed by atoms with Gasteiger partial charge in [-0.1, -0.05) is 158 Å². The van der Waals surface area contributed by atoms with Gasteiger partial charge in [-0.2, -0.15) is 0 Å². The molecule has 0 aromatic heterocycles. The quantitative estimate of drug-likeness (QED) is 0.0273. The second kappa shape index (κ2) is 40.6. The van der Waals surface area contributed by atoms with Crippen molar-refractivity contribution in [3.05, 3.63) is 0 Å². The Hall–Kier alpha value is -2.20. The van der Waals surface area contributed by atoms with Crippen LogP contribution in [0, 0.1) is 35.5 Å². The molecule has 0 amide bonds. The predicted molar refractivity (Wildman–Crippen MR) is 247 cm³/mol. The van der Waals surface area contributed by atoms with E-state index in [9.17, 15) is 24.3 Å². The van der Waals surface area contributed by atoms with E-state index < -0.39 is 12.2 Å². The first-order valence-corrected chi connectivity index (χ1v) is 25.3. The molecule has 0 aliphatic rings. The Morgan fingerprint density at radius 1 is 0.443 bits per heavy atom. The van der Waals surface area contributed by atoms with Crippen LogP contribution >= 0.6 is 0 Å². The van der Waals surface area contributed by atoms with E-state index in [2.05, 4.69) is 55.4 Å². The SMILES string of the molecule is CCCCCCCCC(=O)OCC(COC(O)CCCCCCCC)CC(=O)OCC(CCC(C)COC(=O)CC(COC(=O)CCCCCCCC)CC(C)CC)C(C)C. The van der Waals surface area contributed by atoms with Crippen LogP contribution in [-0.2, 0) is 42.9 Å². The van der Waals surface area contributed by atoms with Crippen LogP contribution in [0.15, 0.2) is 0 Å². The molecule has 0 saturated carbocycles. The summed E-state index contributed by atoms with van der Waals surface area (Å²) in [6.07, 6.45) is 23.9. The summed E-state index contributed by atoms with van der Waals surface area (Å²) in [6, 6.07) is 0. The summed E-state index contributed by atoms with van der Waals surface area (Å²) in [5.41, 5.74) is 0. The molecule has 0 rings (SSSR count). The van der Waals surface area contributed by atoms with Gasteiger partial charge in [0.2, 0.25) is 0 Å². The molecule has 0 spiro atoms. The second-order valence-corrected chi connectivity index (χ2v) is 18.7. The van der Waals surface area contributed by atoms with E-state index in [0.717, 1.165) is 83.5 Å². The van der Waals surface area contributed by atoms with E-state index in [-0.39, 0.29) is 86.8 Å². The molecule has 0 aromatic carbocycles. The molecular weight excluding hydrogens is 773 g/mol. The molecule has 0 saturated heterocycles.